The van der Waals surface area contributed by atoms with Crippen LogP contribution in [-0.4, -0.2) is 46.4 Å². The summed E-state index contributed by atoms with van der Waals surface area (Å²) in [5.41, 5.74) is 0. The van der Waals surface area contributed by atoms with E-state index in [0.29, 0.717) is 6.04 Å². The van der Waals surface area contributed by atoms with Crippen molar-refractivity contribution in [2.45, 2.75) is 64.1 Å². The molecule has 4 heteroatoms. The van der Waals surface area contributed by atoms with Gasteiger partial charge in [0.1, 0.15) is 0 Å². The lowest BCUT2D eigenvalue weighted by Gasteiger charge is -2.45. The van der Waals surface area contributed by atoms with Crippen LogP contribution < -0.4 is 5.32 Å². The first kappa shape index (κ1) is 15.0. The highest BCUT2D eigenvalue weighted by molar-refractivity contribution is 4.91. The molecule has 2 fully saturated rings. The number of rotatable bonds is 5. The SMILES string of the molecule is CCC1CN(CCn2cccn2)C(C2CCCCC2)CN1. The standard InChI is InChI=1S/C17H30N4/c1-2-16-14-20(11-12-21-10-6-9-19-21)17(13-18-16)15-7-4-3-5-8-15/h6,9-10,15-18H,2-5,7-8,11-14H2,1H3. The fourth-order valence-electron chi connectivity index (χ4n) is 4.08. The highest BCUT2D eigenvalue weighted by Gasteiger charge is 2.33. The molecule has 1 aromatic rings. The Balaban J connectivity index is 1.61. The monoisotopic (exact) mass is 290 g/mol. The smallest absolute Gasteiger partial charge is 0.0536 e. The summed E-state index contributed by atoms with van der Waals surface area (Å²) in [6.45, 7) is 6.85. The maximum Gasteiger partial charge on any atom is 0.0536 e. The van der Waals surface area contributed by atoms with E-state index in [1.54, 1.807) is 0 Å². The molecule has 0 bridgehead atoms. The normalized spacial score (nSPS) is 28.8. The lowest BCUT2D eigenvalue weighted by Crippen LogP contribution is -2.59. The Morgan fingerprint density at radius 1 is 1.19 bits per heavy atom. The zero-order valence-corrected chi connectivity index (χ0v) is 13.4. The molecule has 1 saturated carbocycles. The molecule has 2 atom stereocenters. The minimum absolute atomic E-state index is 0.669. The largest absolute Gasteiger partial charge is 0.311 e. The van der Waals surface area contributed by atoms with Gasteiger partial charge < -0.3 is 5.32 Å². The Labute approximate surface area is 128 Å². The van der Waals surface area contributed by atoms with Crippen LogP contribution >= 0.6 is 0 Å². The van der Waals surface area contributed by atoms with Gasteiger partial charge in [0.15, 0.2) is 0 Å². The molecule has 2 unspecified atom stereocenters. The maximum absolute atomic E-state index is 4.35. The van der Waals surface area contributed by atoms with Crippen molar-refractivity contribution in [3.05, 3.63) is 18.5 Å². The number of aromatic nitrogens is 2. The third-order valence-electron chi connectivity index (χ3n) is 5.40. The minimum Gasteiger partial charge on any atom is -0.311 e. The number of nitrogens with zero attached hydrogens (tertiary/aromatic N) is 3. The van der Waals surface area contributed by atoms with E-state index in [2.05, 4.69) is 33.1 Å². The van der Waals surface area contributed by atoms with Gasteiger partial charge in [-0.1, -0.05) is 26.2 Å². The van der Waals surface area contributed by atoms with E-state index in [9.17, 15) is 0 Å². The van der Waals surface area contributed by atoms with Crippen LogP contribution in [-0.2, 0) is 6.54 Å². The highest BCUT2D eigenvalue weighted by atomic mass is 15.3. The van der Waals surface area contributed by atoms with Crippen molar-refractivity contribution in [3.8, 4) is 0 Å². The first-order chi connectivity index (χ1) is 10.4. The van der Waals surface area contributed by atoms with E-state index >= 15 is 0 Å². The van der Waals surface area contributed by atoms with Crippen molar-refractivity contribution in [1.29, 1.82) is 0 Å². The molecule has 0 amide bonds. The Kier molecular flexibility index (Phi) is 5.31. The van der Waals surface area contributed by atoms with E-state index in [4.69, 9.17) is 0 Å². The number of hydrogen-bond acceptors (Lipinski definition) is 3. The van der Waals surface area contributed by atoms with Crippen LogP contribution in [0.15, 0.2) is 18.5 Å². The van der Waals surface area contributed by atoms with Crippen molar-refractivity contribution in [1.82, 2.24) is 20.0 Å². The fraction of sp³-hybridized carbons (Fsp3) is 0.824. The Morgan fingerprint density at radius 3 is 2.76 bits per heavy atom. The lowest BCUT2D eigenvalue weighted by atomic mass is 9.82. The molecule has 3 rings (SSSR count). The van der Waals surface area contributed by atoms with Crippen molar-refractivity contribution >= 4 is 0 Å². The maximum atomic E-state index is 4.35. The van der Waals surface area contributed by atoms with Gasteiger partial charge in [-0.15, -0.1) is 0 Å². The van der Waals surface area contributed by atoms with Crippen LogP contribution in [0.4, 0.5) is 0 Å². The highest BCUT2D eigenvalue weighted by Crippen LogP contribution is 2.30. The molecule has 2 aliphatic rings. The Hall–Kier alpha value is -0.870. The molecule has 0 radical (unpaired) electrons. The Morgan fingerprint density at radius 2 is 2.05 bits per heavy atom. The molecule has 118 valence electrons. The summed E-state index contributed by atoms with van der Waals surface area (Å²) in [6, 6.07) is 3.43. The quantitative estimate of drug-likeness (QED) is 0.904. The van der Waals surface area contributed by atoms with E-state index in [0.717, 1.165) is 25.0 Å². The molecule has 4 nitrogen and oxygen atoms in total. The second kappa shape index (κ2) is 7.41. The molecule has 1 aromatic heterocycles. The summed E-state index contributed by atoms with van der Waals surface area (Å²) in [4.78, 5) is 2.75. The summed E-state index contributed by atoms with van der Waals surface area (Å²) in [5.74, 6) is 0.904. The first-order valence-electron chi connectivity index (χ1n) is 8.81. The van der Waals surface area contributed by atoms with Crippen LogP contribution in [0, 0.1) is 5.92 Å². The van der Waals surface area contributed by atoms with E-state index in [1.807, 2.05) is 12.3 Å². The van der Waals surface area contributed by atoms with Crippen LogP contribution in [0.5, 0.6) is 0 Å². The van der Waals surface area contributed by atoms with Gasteiger partial charge in [0.2, 0.25) is 0 Å². The second-order valence-electron chi connectivity index (χ2n) is 6.74. The van der Waals surface area contributed by atoms with Gasteiger partial charge in [0.25, 0.3) is 0 Å². The average Bonchev–Trinajstić information content (AvgIpc) is 3.07. The molecule has 1 saturated heterocycles. The molecule has 1 aliphatic heterocycles. The third kappa shape index (κ3) is 3.86. The second-order valence-corrected chi connectivity index (χ2v) is 6.74. The summed E-state index contributed by atoms with van der Waals surface area (Å²) in [7, 11) is 0. The zero-order valence-electron chi connectivity index (χ0n) is 13.4. The lowest BCUT2D eigenvalue weighted by molar-refractivity contribution is 0.0671. The van der Waals surface area contributed by atoms with Gasteiger partial charge in [-0.25, -0.2) is 0 Å². The van der Waals surface area contributed by atoms with Crippen LogP contribution in [0.1, 0.15) is 45.4 Å². The number of hydrogen-bond donors (Lipinski definition) is 1. The molecule has 2 heterocycles. The van der Waals surface area contributed by atoms with Gasteiger partial charge in [-0.3, -0.25) is 9.58 Å². The van der Waals surface area contributed by atoms with Gasteiger partial charge >= 0.3 is 0 Å². The van der Waals surface area contributed by atoms with Gasteiger partial charge in [0, 0.05) is 44.1 Å². The minimum atomic E-state index is 0.669. The third-order valence-corrected chi connectivity index (χ3v) is 5.40. The van der Waals surface area contributed by atoms with E-state index < -0.39 is 0 Å². The summed E-state index contributed by atoms with van der Waals surface area (Å²) in [5, 5.41) is 8.13. The molecule has 21 heavy (non-hydrogen) atoms. The summed E-state index contributed by atoms with van der Waals surface area (Å²) < 4.78 is 2.07. The molecule has 0 spiro atoms. The van der Waals surface area contributed by atoms with E-state index in [-0.39, 0.29) is 0 Å². The van der Waals surface area contributed by atoms with Crippen molar-refractivity contribution < 1.29 is 0 Å². The molecule has 0 aromatic carbocycles. The predicted molar refractivity (Wildman–Crippen MR) is 86.2 cm³/mol. The van der Waals surface area contributed by atoms with Crippen LogP contribution in [0.3, 0.4) is 0 Å². The molecular formula is C17H30N4. The number of nitrogens with one attached hydrogen (secondary N) is 1. The predicted octanol–water partition coefficient (Wildman–Crippen LogP) is 2.52. The summed E-state index contributed by atoms with van der Waals surface area (Å²) in [6.07, 6.45) is 12.4. The molecular weight excluding hydrogens is 260 g/mol. The van der Waals surface area contributed by atoms with Crippen molar-refractivity contribution in [2.75, 3.05) is 19.6 Å². The van der Waals surface area contributed by atoms with E-state index in [1.165, 1.54) is 51.6 Å². The fourth-order valence-corrected chi connectivity index (χ4v) is 4.08. The van der Waals surface area contributed by atoms with Crippen molar-refractivity contribution in [2.24, 2.45) is 5.92 Å². The van der Waals surface area contributed by atoms with Crippen LogP contribution in [0.25, 0.3) is 0 Å². The van der Waals surface area contributed by atoms with Crippen LogP contribution in [0.2, 0.25) is 0 Å². The topological polar surface area (TPSA) is 33.1 Å². The Bertz CT molecular complexity index is 397. The molecule has 1 N–H and O–H groups in total. The summed E-state index contributed by atoms with van der Waals surface area (Å²) >= 11 is 0. The van der Waals surface area contributed by atoms with Crippen molar-refractivity contribution in [3.63, 3.8) is 0 Å². The average molecular weight is 290 g/mol. The van der Waals surface area contributed by atoms with Gasteiger partial charge in [0.05, 0.1) is 6.54 Å². The molecule has 1 aliphatic carbocycles. The first-order valence-corrected chi connectivity index (χ1v) is 8.81. The zero-order chi connectivity index (χ0) is 14.5. The number of piperazine rings is 1. The van der Waals surface area contributed by atoms with Gasteiger partial charge in [-0.05, 0) is 31.2 Å². The van der Waals surface area contributed by atoms with Gasteiger partial charge in [-0.2, -0.15) is 5.10 Å².